The van der Waals surface area contributed by atoms with Gasteiger partial charge in [0.25, 0.3) is 0 Å². The van der Waals surface area contributed by atoms with Crippen LogP contribution in [0.15, 0.2) is 0 Å². The Balaban J connectivity index is 0.00000180. The predicted octanol–water partition coefficient (Wildman–Crippen LogP) is 1.87. The quantitative estimate of drug-likeness (QED) is 0.704. The molecule has 2 N–H and O–H groups in total. The third-order valence-electron chi connectivity index (χ3n) is 4.60. The van der Waals surface area contributed by atoms with Crippen molar-refractivity contribution in [3.05, 3.63) is 0 Å². The first-order valence-corrected chi connectivity index (χ1v) is 7.28. The first-order chi connectivity index (χ1) is 8.73. The molecule has 1 spiro atoms. The van der Waals surface area contributed by atoms with Gasteiger partial charge in [-0.3, -0.25) is 4.79 Å². The summed E-state index contributed by atoms with van der Waals surface area (Å²) in [6.07, 6.45) is 6.67. The van der Waals surface area contributed by atoms with Crippen LogP contribution in [-0.2, 0) is 9.53 Å². The third-order valence-corrected chi connectivity index (χ3v) is 4.60. The molecule has 1 amide bonds. The van der Waals surface area contributed by atoms with E-state index in [1.54, 1.807) is 0 Å². The highest BCUT2D eigenvalue weighted by molar-refractivity contribution is 5.85. The van der Waals surface area contributed by atoms with Crippen molar-refractivity contribution in [1.82, 2.24) is 10.6 Å². The fourth-order valence-electron chi connectivity index (χ4n) is 3.33. The molecule has 0 heterocycles. The molecule has 19 heavy (non-hydrogen) atoms. The molecular formula is C14H27ClN2O2. The summed E-state index contributed by atoms with van der Waals surface area (Å²) >= 11 is 0. The van der Waals surface area contributed by atoms with Crippen molar-refractivity contribution in [3.63, 3.8) is 0 Å². The lowest BCUT2D eigenvalue weighted by molar-refractivity contribution is -0.175. The lowest BCUT2D eigenvalue weighted by Crippen LogP contribution is -2.67. The van der Waals surface area contributed by atoms with Gasteiger partial charge in [-0.2, -0.15) is 0 Å². The van der Waals surface area contributed by atoms with Crippen molar-refractivity contribution < 1.29 is 9.53 Å². The van der Waals surface area contributed by atoms with Crippen LogP contribution < -0.4 is 10.6 Å². The Morgan fingerprint density at radius 2 is 2.16 bits per heavy atom. The summed E-state index contributed by atoms with van der Waals surface area (Å²) in [6, 6.07) is 0.366. The van der Waals surface area contributed by atoms with Crippen molar-refractivity contribution in [2.24, 2.45) is 5.41 Å². The molecule has 0 aromatic rings. The maximum atomic E-state index is 11.8. The molecule has 2 atom stereocenters. The van der Waals surface area contributed by atoms with Crippen LogP contribution in [0.3, 0.4) is 0 Å². The van der Waals surface area contributed by atoms with Crippen LogP contribution in [0, 0.1) is 5.41 Å². The van der Waals surface area contributed by atoms with E-state index in [2.05, 4.69) is 17.6 Å². The van der Waals surface area contributed by atoms with Crippen LogP contribution in [0.2, 0.25) is 0 Å². The van der Waals surface area contributed by atoms with Crippen molar-refractivity contribution in [1.29, 1.82) is 0 Å². The molecule has 4 nitrogen and oxygen atoms in total. The summed E-state index contributed by atoms with van der Waals surface area (Å²) < 4.78 is 5.78. The molecular weight excluding hydrogens is 264 g/mol. The van der Waals surface area contributed by atoms with Crippen molar-refractivity contribution in [2.45, 2.75) is 57.6 Å². The van der Waals surface area contributed by atoms with Crippen LogP contribution in [-0.4, -0.2) is 38.3 Å². The summed E-state index contributed by atoms with van der Waals surface area (Å²) in [5, 5.41) is 6.28. The highest BCUT2D eigenvalue weighted by atomic mass is 35.5. The van der Waals surface area contributed by atoms with Gasteiger partial charge in [0, 0.05) is 24.5 Å². The molecule has 2 rings (SSSR count). The number of nitrogens with one attached hydrogen (secondary N) is 2. The Morgan fingerprint density at radius 3 is 2.68 bits per heavy atom. The summed E-state index contributed by atoms with van der Waals surface area (Å²) in [5.41, 5.74) is 0.286. The SMILES string of the molecule is CCOC1CC(NC(=O)CCCNC)C12CCC2.Cl. The van der Waals surface area contributed by atoms with E-state index in [1.165, 1.54) is 19.3 Å². The Labute approximate surface area is 122 Å². The lowest BCUT2D eigenvalue weighted by atomic mass is 9.51. The monoisotopic (exact) mass is 290 g/mol. The fraction of sp³-hybridized carbons (Fsp3) is 0.929. The van der Waals surface area contributed by atoms with E-state index in [-0.39, 0.29) is 23.7 Å². The topological polar surface area (TPSA) is 50.4 Å². The smallest absolute Gasteiger partial charge is 0.220 e. The predicted molar refractivity (Wildman–Crippen MR) is 78.7 cm³/mol. The molecule has 0 saturated heterocycles. The molecule has 0 aliphatic heterocycles. The van der Waals surface area contributed by atoms with E-state index >= 15 is 0 Å². The van der Waals surface area contributed by atoms with Gasteiger partial charge in [-0.25, -0.2) is 0 Å². The molecule has 112 valence electrons. The number of ether oxygens (including phenoxy) is 1. The first kappa shape index (κ1) is 16.7. The van der Waals surface area contributed by atoms with Crippen molar-refractivity contribution in [3.8, 4) is 0 Å². The van der Waals surface area contributed by atoms with Gasteiger partial charge in [0.2, 0.25) is 5.91 Å². The zero-order valence-corrected chi connectivity index (χ0v) is 12.9. The molecule has 2 aliphatic carbocycles. The lowest BCUT2D eigenvalue weighted by Gasteiger charge is -2.61. The van der Waals surface area contributed by atoms with Gasteiger partial charge in [-0.1, -0.05) is 6.42 Å². The van der Waals surface area contributed by atoms with Crippen LogP contribution in [0.1, 0.15) is 45.4 Å². The molecule has 0 aromatic heterocycles. The minimum absolute atomic E-state index is 0. The second-order valence-corrected chi connectivity index (χ2v) is 5.59. The Bertz CT molecular complexity index is 295. The van der Waals surface area contributed by atoms with E-state index in [0.29, 0.717) is 18.6 Å². The highest BCUT2D eigenvalue weighted by Gasteiger charge is 2.59. The van der Waals surface area contributed by atoms with E-state index in [1.807, 2.05) is 7.05 Å². The molecule has 0 radical (unpaired) electrons. The van der Waals surface area contributed by atoms with E-state index in [9.17, 15) is 4.79 Å². The standard InChI is InChI=1S/C14H26N2O2.ClH/c1-3-18-12-10-11(14(12)7-5-8-14)16-13(17)6-4-9-15-2;/h11-12,15H,3-10H2,1-2H3,(H,16,17);1H. The van der Waals surface area contributed by atoms with Crippen LogP contribution in [0.5, 0.6) is 0 Å². The third kappa shape index (κ3) is 3.41. The number of hydrogen-bond acceptors (Lipinski definition) is 3. The first-order valence-electron chi connectivity index (χ1n) is 7.28. The van der Waals surface area contributed by atoms with Crippen LogP contribution in [0.4, 0.5) is 0 Å². The normalized spacial score (nSPS) is 27.1. The van der Waals surface area contributed by atoms with Gasteiger partial charge in [0.05, 0.1) is 6.10 Å². The maximum Gasteiger partial charge on any atom is 0.220 e. The van der Waals surface area contributed by atoms with Crippen molar-refractivity contribution in [2.75, 3.05) is 20.2 Å². The number of amides is 1. The average Bonchev–Trinajstić information content (AvgIpc) is 2.25. The number of halogens is 1. The Hall–Kier alpha value is -0.320. The number of rotatable bonds is 7. The molecule has 5 heteroatoms. The summed E-state index contributed by atoms with van der Waals surface area (Å²) in [7, 11) is 1.92. The molecule has 2 fully saturated rings. The zero-order chi connectivity index (χ0) is 13.0. The molecule has 2 saturated carbocycles. The molecule has 2 aliphatic rings. The largest absolute Gasteiger partial charge is 0.378 e. The molecule has 0 bridgehead atoms. The zero-order valence-electron chi connectivity index (χ0n) is 12.0. The average molecular weight is 291 g/mol. The fourth-order valence-corrected chi connectivity index (χ4v) is 3.33. The number of hydrogen-bond donors (Lipinski definition) is 2. The van der Waals surface area contributed by atoms with Gasteiger partial charge in [0.15, 0.2) is 0 Å². The minimum atomic E-state index is 0. The molecule has 2 unspecified atom stereocenters. The highest BCUT2D eigenvalue weighted by Crippen LogP contribution is 2.57. The summed E-state index contributed by atoms with van der Waals surface area (Å²) in [4.78, 5) is 11.8. The Morgan fingerprint density at radius 1 is 1.42 bits per heavy atom. The van der Waals surface area contributed by atoms with Gasteiger partial charge in [0.1, 0.15) is 0 Å². The Kier molecular flexibility index (Phi) is 6.57. The van der Waals surface area contributed by atoms with Crippen LogP contribution >= 0.6 is 12.4 Å². The number of carbonyl (C=O) groups excluding carboxylic acids is 1. The maximum absolute atomic E-state index is 11.8. The minimum Gasteiger partial charge on any atom is -0.378 e. The van der Waals surface area contributed by atoms with Gasteiger partial charge in [-0.15, -0.1) is 12.4 Å². The summed E-state index contributed by atoms with van der Waals surface area (Å²) in [5.74, 6) is 0.205. The van der Waals surface area contributed by atoms with Crippen LogP contribution in [0.25, 0.3) is 0 Å². The number of carbonyl (C=O) groups is 1. The van der Waals surface area contributed by atoms with Gasteiger partial charge < -0.3 is 15.4 Å². The second kappa shape index (κ2) is 7.46. The van der Waals surface area contributed by atoms with Gasteiger partial charge in [-0.05, 0) is 46.2 Å². The summed E-state index contributed by atoms with van der Waals surface area (Å²) in [6.45, 7) is 3.75. The molecule has 0 aromatic carbocycles. The van der Waals surface area contributed by atoms with Crippen molar-refractivity contribution >= 4 is 18.3 Å². The van der Waals surface area contributed by atoms with E-state index < -0.39 is 0 Å². The second-order valence-electron chi connectivity index (χ2n) is 5.59. The van der Waals surface area contributed by atoms with E-state index in [4.69, 9.17) is 4.74 Å². The van der Waals surface area contributed by atoms with E-state index in [0.717, 1.165) is 26.0 Å². The van der Waals surface area contributed by atoms with Gasteiger partial charge >= 0.3 is 0 Å².